The molecule has 7 heteroatoms. The zero-order valence-corrected chi connectivity index (χ0v) is 14.0. The number of likely N-dealkylation sites (tertiary alicyclic amines) is 1. The van der Waals surface area contributed by atoms with E-state index in [1.54, 1.807) is 23.1 Å². The molecule has 136 valence electrons. The Hall–Kier alpha value is -2.44. The Labute approximate surface area is 145 Å². The molecular formula is C18H21F2NO4. The summed E-state index contributed by atoms with van der Waals surface area (Å²) < 4.78 is 33.1. The van der Waals surface area contributed by atoms with Gasteiger partial charge >= 0.3 is 12.6 Å². The highest BCUT2D eigenvalue weighted by atomic mass is 19.3. The standard InChI is InChI=1S/C18H21F2NO4/c1-24-17(23)11-14-3-2-10-21(12-14)16(22)9-6-13-4-7-15(8-5-13)25-18(19)20/h4-9,14,18H,2-3,10-12H2,1H3. The first-order valence-electron chi connectivity index (χ1n) is 8.06. The third-order valence-electron chi connectivity index (χ3n) is 4.04. The molecule has 1 atom stereocenters. The summed E-state index contributed by atoms with van der Waals surface area (Å²) in [6.45, 7) is -1.68. The maximum absolute atomic E-state index is 12.3. The van der Waals surface area contributed by atoms with Gasteiger partial charge < -0.3 is 14.4 Å². The average Bonchev–Trinajstić information content (AvgIpc) is 2.60. The van der Waals surface area contributed by atoms with Crippen LogP contribution < -0.4 is 4.74 Å². The van der Waals surface area contributed by atoms with E-state index in [9.17, 15) is 18.4 Å². The molecule has 0 aromatic heterocycles. The number of piperidine rings is 1. The number of carbonyl (C=O) groups is 2. The van der Waals surface area contributed by atoms with Gasteiger partial charge in [-0.2, -0.15) is 8.78 Å². The van der Waals surface area contributed by atoms with Crippen molar-refractivity contribution < 1.29 is 27.8 Å². The first-order valence-corrected chi connectivity index (χ1v) is 8.06. The van der Waals surface area contributed by atoms with Crippen molar-refractivity contribution in [3.05, 3.63) is 35.9 Å². The lowest BCUT2D eigenvalue weighted by Gasteiger charge is -2.31. The van der Waals surface area contributed by atoms with Crippen molar-refractivity contribution in [2.75, 3.05) is 20.2 Å². The molecule has 0 aliphatic carbocycles. The molecular weight excluding hydrogens is 332 g/mol. The van der Waals surface area contributed by atoms with Crippen LogP contribution in [0.15, 0.2) is 30.3 Å². The Balaban J connectivity index is 1.89. The van der Waals surface area contributed by atoms with Crippen LogP contribution in [0, 0.1) is 5.92 Å². The molecule has 1 aromatic rings. The molecule has 1 heterocycles. The fourth-order valence-corrected chi connectivity index (χ4v) is 2.78. The molecule has 0 spiro atoms. The monoisotopic (exact) mass is 353 g/mol. The van der Waals surface area contributed by atoms with Crippen molar-refractivity contribution in [1.29, 1.82) is 0 Å². The molecule has 1 saturated heterocycles. The largest absolute Gasteiger partial charge is 0.469 e. The molecule has 2 rings (SSSR count). The normalized spacial score (nSPS) is 17.8. The summed E-state index contributed by atoms with van der Waals surface area (Å²) in [5.41, 5.74) is 0.707. The predicted molar refractivity (Wildman–Crippen MR) is 88.0 cm³/mol. The zero-order valence-electron chi connectivity index (χ0n) is 14.0. The SMILES string of the molecule is COC(=O)CC1CCCN(C(=O)C=Cc2ccc(OC(F)F)cc2)C1. The molecule has 25 heavy (non-hydrogen) atoms. The third-order valence-corrected chi connectivity index (χ3v) is 4.04. The van der Waals surface area contributed by atoms with Crippen molar-refractivity contribution in [1.82, 2.24) is 4.90 Å². The van der Waals surface area contributed by atoms with Crippen LogP contribution in [0.5, 0.6) is 5.75 Å². The second kappa shape index (κ2) is 9.15. The van der Waals surface area contributed by atoms with E-state index in [-0.39, 0.29) is 23.5 Å². The van der Waals surface area contributed by atoms with Crippen LogP contribution in [-0.4, -0.2) is 43.6 Å². The summed E-state index contributed by atoms with van der Waals surface area (Å²) >= 11 is 0. The topological polar surface area (TPSA) is 55.8 Å². The number of benzene rings is 1. The Bertz CT molecular complexity index is 616. The second-order valence-electron chi connectivity index (χ2n) is 5.85. The number of esters is 1. The first kappa shape index (κ1) is 18.9. The van der Waals surface area contributed by atoms with Gasteiger partial charge in [0.1, 0.15) is 5.75 Å². The van der Waals surface area contributed by atoms with Gasteiger partial charge in [0.25, 0.3) is 0 Å². The number of ether oxygens (including phenoxy) is 2. The lowest BCUT2D eigenvalue weighted by Crippen LogP contribution is -2.39. The van der Waals surface area contributed by atoms with Gasteiger partial charge in [0, 0.05) is 25.6 Å². The van der Waals surface area contributed by atoms with Crippen LogP contribution >= 0.6 is 0 Å². The van der Waals surface area contributed by atoms with Crippen LogP contribution in [0.2, 0.25) is 0 Å². The number of hydrogen-bond acceptors (Lipinski definition) is 4. The van der Waals surface area contributed by atoms with Crippen molar-refractivity contribution >= 4 is 18.0 Å². The van der Waals surface area contributed by atoms with Gasteiger partial charge in [0.15, 0.2) is 0 Å². The Morgan fingerprint density at radius 1 is 1.32 bits per heavy atom. The average molecular weight is 353 g/mol. The van der Waals surface area contributed by atoms with Gasteiger partial charge in [0.2, 0.25) is 5.91 Å². The molecule has 0 N–H and O–H groups in total. The van der Waals surface area contributed by atoms with Crippen LogP contribution in [0.4, 0.5) is 8.78 Å². The molecule has 1 aliphatic rings. The van der Waals surface area contributed by atoms with Crippen molar-refractivity contribution in [3.8, 4) is 5.75 Å². The molecule has 1 fully saturated rings. The highest BCUT2D eigenvalue weighted by Crippen LogP contribution is 2.21. The van der Waals surface area contributed by atoms with Gasteiger partial charge in [-0.25, -0.2) is 0 Å². The Kier molecular flexibility index (Phi) is 6.91. The van der Waals surface area contributed by atoms with E-state index in [1.165, 1.54) is 25.3 Å². The maximum atomic E-state index is 12.3. The third kappa shape index (κ3) is 6.17. The van der Waals surface area contributed by atoms with E-state index in [1.807, 2.05) is 0 Å². The summed E-state index contributed by atoms with van der Waals surface area (Å²) in [4.78, 5) is 25.4. The molecule has 0 radical (unpaired) electrons. The quantitative estimate of drug-likeness (QED) is 0.582. The van der Waals surface area contributed by atoms with E-state index in [0.29, 0.717) is 25.1 Å². The predicted octanol–water partition coefficient (Wildman–Crippen LogP) is 3.10. The number of amides is 1. The Morgan fingerprint density at radius 2 is 2.04 bits per heavy atom. The van der Waals surface area contributed by atoms with Crippen molar-refractivity contribution in [2.45, 2.75) is 25.9 Å². The number of carbonyl (C=O) groups excluding carboxylic acids is 2. The van der Waals surface area contributed by atoms with E-state index >= 15 is 0 Å². The van der Waals surface area contributed by atoms with Gasteiger partial charge in [-0.15, -0.1) is 0 Å². The Morgan fingerprint density at radius 3 is 2.68 bits per heavy atom. The molecule has 1 unspecified atom stereocenters. The van der Waals surface area contributed by atoms with Gasteiger partial charge in [-0.05, 0) is 42.5 Å². The number of hydrogen-bond donors (Lipinski definition) is 0. The summed E-state index contributed by atoms with van der Waals surface area (Å²) in [5, 5.41) is 0. The van der Waals surface area contributed by atoms with Gasteiger partial charge in [-0.3, -0.25) is 9.59 Å². The first-order chi connectivity index (χ1) is 12.0. The molecule has 0 saturated carbocycles. The fourth-order valence-electron chi connectivity index (χ4n) is 2.78. The van der Waals surface area contributed by atoms with Crippen LogP contribution in [0.3, 0.4) is 0 Å². The smallest absolute Gasteiger partial charge is 0.387 e. The molecule has 0 bridgehead atoms. The summed E-state index contributed by atoms with van der Waals surface area (Å²) in [5.74, 6) is -0.215. The molecule has 5 nitrogen and oxygen atoms in total. The minimum absolute atomic E-state index is 0.0696. The van der Waals surface area contributed by atoms with Crippen LogP contribution in [-0.2, 0) is 14.3 Å². The number of methoxy groups -OCH3 is 1. The van der Waals surface area contributed by atoms with Crippen LogP contribution in [0.1, 0.15) is 24.8 Å². The number of rotatable bonds is 6. The summed E-state index contributed by atoms with van der Waals surface area (Å²) in [6.07, 6.45) is 5.13. The second-order valence-corrected chi connectivity index (χ2v) is 5.85. The lowest BCUT2D eigenvalue weighted by atomic mass is 9.95. The highest BCUT2D eigenvalue weighted by Gasteiger charge is 2.24. The number of alkyl halides is 2. The van der Waals surface area contributed by atoms with Crippen LogP contribution in [0.25, 0.3) is 6.08 Å². The van der Waals surface area contributed by atoms with E-state index in [2.05, 4.69) is 9.47 Å². The minimum Gasteiger partial charge on any atom is -0.469 e. The van der Waals surface area contributed by atoms with Crippen molar-refractivity contribution in [3.63, 3.8) is 0 Å². The molecule has 1 aliphatic heterocycles. The van der Waals surface area contributed by atoms with Gasteiger partial charge in [-0.1, -0.05) is 12.1 Å². The van der Waals surface area contributed by atoms with E-state index in [0.717, 1.165) is 12.8 Å². The van der Waals surface area contributed by atoms with Gasteiger partial charge in [0.05, 0.1) is 7.11 Å². The zero-order chi connectivity index (χ0) is 18.2. The summed E-state index contributed by atoms with van der Waals surface area (Å²) in [7, 11) is 1.36. The minimum atomic E-state index is -2.86. The molecule has 1 aromatic carbocycles. The maximum Gasteiger partial charge on any atom is 0.387 e. The molecule has 1 amide bonds. The number of nitrogens with zero attached hydrogens (tertiary/aromatic N) is 1. The lowest BCUT2D eigenvalue weighted by molar-refractivity contribution is -0.143. The highest BCUT2D eigenvalue weighted by molar-refractivity contribution is 5.91. The van der Waals surface area contributed by atoms with E-state index in [4.69, 9.17) is 0 Å². The number of halogens is 2. The van der Waals surface area contributed by atoms with Crippen molar-refractivity contribution in [2.24, 2.45) is 5.92 Å². The summed E-state index contributed by atoms with van der Waals surface area (Å²) in [6, 6.07) is 6.03. The fraction of sp³-hybridized carbons (Fsp3) is 0.444. The van der Waals surface area contributed by atoms with E-state index < -0.39 is 6.61 Å².